The number of fused-ring (bicyclic) bond motifs is 1. The van der Waals surface area contributed by atoms with Crippen molar-refractivity contribution < 1.29 is 8.42 Å². The van der Waals surface area contributed by atoms with E-state index in [1.165, 1.54) is 45.0 Å². The van der Waals surface area contributed by atoms with Crippen molar-refractivity contribution in [3.05, 3.63) is 34.3 Å². The zero-order valence-electron chi connectivity index (χ0n) is 16.7. The fourth-order valence-electron chi connectivity index (χ4n) is 4.96. The average molecular weight is 468 g/mol. The maximum Gasteiger partial charge on any atom is 0.263 e. The van der Waals surface area contributed by atoms with Crippen molar-refractivity contribution in [2.24, 2.45) is 0 Å². The average Bonchev–Trinajstić information content (AvgIpc) is 3.34. The van der Waals surface area contributed by atoms with Gasteiger partial charge in [0.2, 0.25) is 0 Å². The van der Waals surface area contributed by atoms with Gasteiger partial charge >= 0.3 is 0 Å². The molecule has 1 atom stereocenters. The largest absolute Gasteiger partial charge is 0.383 e. The molecule has 0 radical (unpaired) electrons. The summed E-state index contributed by atoms with van der Waals surface area (Å²) in [6.07, 6.45) is 7.46. The summed E-state index contributed by atoms with van der Waals surface area (Å²) in [5.74, 6) is 0. The number of thiazole rings is 1. The summed E-state index contributed by atoms with van der Waals surface area (Å²) in [5, 5.41) is 7.36. The van der Waals surface area contributed by atoms with Gasteiger partial charge in [0.1, 0.15) is 4.34 Å². The molecule has 30 heavy (non-hydrogen) atoms. The van der Waals surface area contributed by atoms with Crippen LogP contribution >= 0.6 is 22.9 Å². The second-order valence-corrected chi connectivity index (χ2v) is 11.7. The van der Waals surface area contributed by atoms with Gasteiger partial charge in [-0.2, -0.15) is 0 Å². The number of hydrogen-bond donors (Lipinski definition) is 3. The topological polar surface area (TPSA) is 86.4 Å². The van der Waals surface area contributed by atoms with Gasteiger partial charge < -0.3 is 10.6 Å². The van der Waals surface area contributed by atoms with Gasteiger partial charge in [0.15, 0.2) is 5.13 Å². The minimum absolute atomic E-state index is 0.178. The molecule has 0 aliphatic carbocycles. The Labute approximate surface area is 186 Å². The van der Waals surface area contributed by atoms with Crippen LogP contribution in [-0.2, 0) is 10.0 Å². The lowest BCUT2D eigenvalue weighted by molar-refractivity contribution is 0.209. The van der Waals surface area contributed by atoms with Gasteiger partial charge in [0.25, 0.3) is 10.0 Å². The summed E-state index contributed by atoms with van der Waals surface area (Å²) >= 11 is 6.98. The maximum atomic E-state index is 12.9. The van der Waals surface area contributed by atoms with Crippen LogP contribution in [0.5, 0.6) is 0 Å². The van der Waals surface area contributed by atoms with Gasteiger partial charge in [-0.25, -0.2) is 13.4 Å². The lowest BCUT2D eigenvalue weighted by atomic mass is 9.92. The highest BCUT2D eigenvalue weighted by Gasteiger charge is 2.44. The van der Waals surface area contributed by atoms with Gasteiger partial charge in [0.05, 0.1) is 11.1 Å². The van der Waals surface area contributed by atoms with Gasteiger partial charge in [-0.1, -0.05) is 22.9 Å². The first-order chi connectivity index (χ1) is 14.5. The Bertz CT molecular complexity index is 1030. The smallest absolute Gasteiger partial charge is 0.263 e. The number of benzene rings is 1. The Hall–Kier alpha value is -1.39. The number of sulfonamides is 1. The van der Waals surface area contributed by atoms with Crippen LogP contribution in [-0.4, -0.2) is 50.0 Å². The van der Waals surface area contributed by atoms with Crippen molar-refractivity contribution in [2.75, 3.05) is 36.2 Å². The van der Waals surface area contributed by atoms with Gasteiger partial charge in [0, 0.05) is 23.8 Å². The second kappa shape index (κ2) is 7.94. The molecule has 3 N–H and O–H groups in total. The molecular formula is C20H26ClN5O2S2. The molecule has 4 heterocycles. The fourth-order valence-corrected chi connectivity index (χ4v) is 7.05. The Morgan fingerprint density at radius 3 is 2.70 bits per heavy atom. The number of halogens is 1. The summed E-state index contributed by atoms with van der Waals surface area (Å²) < 4.78 is 28.7. The molecule has 0 bridgehead atoms. The van der Waals surface area contributed by atoms with Crippen molar-refractivity contribution >= 4 is 43.8 Å². The zero-order valence-corrected chi connectivity index (χ0v) is 19.0. The number of nitrogens with one attached hydrogen (secondary N) is 3. The predicted molar refractivity (Wildman–Crippen MR) is 121 cm³/mol. The number of nitrogens with zero attached hydrogens (tertiary/aromatic N) is 2. The van der Waals surface area contributed by atoms with Crippen LogP contribution in [0, 0.1) is 0 Å². The van der Waals surface area contributed by atoms with Gasteiger partial charge in [-0.3, -0.25) is 9.62 Å². The molecular weight excluding hydrogens is 442 g/mol. The van der Waals surface area contributed by atoms with Crippen molar-refractivity contribution in [3.8, 4) is 0 Å². The summed E-state index contributed by atoms with van der Waals surface area (Å²) in [6.45, 7) is 4.26. The van der Waals surface area contributed by atoms with E-state index in [9.17, 15) is 8.42 Å². The highest BCUT2D eigenvalue weighted by molar-refractivity contribution is 7.93. The maximum absolute atomic E-state index is 12.9. The van der Waals surface area contributed by atoms with E-state index in [4.69, 9.17) is 11.6 Å². The van der Waals surface area contributed by atoms with E-state index in [2.05, 4.69) is 25.2 Å². The molecule has 3 saturated heterocycles. The molecule has 1 unspecified atom stereocenters. The minimum Gasteiger partial charge on any atom is -0.383 e. The van der Waals surface area contributed by atoms with Crippen molar-refractivity contribution in [1.29, 1.82) is 0 Å². The summed E-state index contributed by atoms with van der Waals surface area (Å²) in [6, 6.07) is 5.54. The summed E-state index contributed by atoms with van der Waals surface area (Å²) in [4.78, 5) is 6.87. The molecule has 162 valence electrons. The monoisotopic (exact) mass is 467 g/mol. The quantitative estimate of drug-likeness (QED) is 0.576. The molecule has 1 aromatic heterocycles. The van der Waals surface area contributed by atoms with Crippen LogP contribution in [0.1, 0.15) is 43.7 Å². The van der Waals surface area contributed by atoms with Crippen LogP contribution in [0.15, 0.2) is 29.3 Å². The second-order valence-electron chi connectivity index (χ2n) is 8.39. The number of anilines is 2. The molecule has 3 fully saturated rings. The van der Waals surface area contributed by atoms with Gasteiger partial charge in [-0.15, -0.1) is 0 Å². The molecule has 0 saturated carbocycles. The first kappa shape index (κ1) is 20.5. The van der Waals surface area contributed by atoms with Crippen LogP contribution < -0.4 is 15.4 Å². The Morgan fingerprint density at radius 1 is 1.30 bits per heavy atom. The van der Waals surface area contributed by atoms with Crippen LogP contribution in [0.25, 0.3) is 0 Å². The molecule has 0 spiro atoms. The van der Waals surface area contributed by atoms with E-state index < -0.39 is 10.0 Å². The summed E-state index contributed by atoms with van der Waals surface area (Å²) in [7, 11) is -3.73. The van der Waals surface area contributed by atoms with E-state index >= 15 is 0 Å². The number of hydrogen-bond acceptors (Lipinski definition) is 7. The SMILES string of the molecule is O=S(=O)(Nc1ncc(Cl)s1)c1ccc(NCC23CCCN2CCC3)c(C2CCN2)c1. The number of rotatable bonds is 7. The highest BCUT2D eigenvalue weighted by Crippen LogP contribution is 2.40. The molecule has 10 heteroatoms. The van der Waals surface area contributed by atoms with Crippen LogP contribution in [0.2, 0.25) is 4.34 Å². The van der Waals surface area contributed by atoms with E-state index in [1.807, 2.05) is 6.07 Å². The predicted octanol–water partition coefficient (Wildman–Crippen LogP) is 3.67. The first-order valence-electron chi connectivity index (χ1n) is 10.5. The van der Waals surface area contributed by atoms with Gasteiger partial charge in [-0.05, 0) is 75.5 Å². The number of aromatic nitrogens is 1. The molecule has 3 aliphatic rings. The van der Waals surface area contributed by atoms with E-state index in [0.29, 0.717) is 4.34 Å². The molecule has 7 nitrogen and oxygen atoms in total. The lowest BCUT2D eigenvalue weighted by Gasteiger charge is -2.35. The Kier molecular flexibility index (Phi) is 5.43. The van der Waals surface area contributed by atoms with Crippen LogP contribution in [0.4, 0.5) is 10.8 Å². The molecule has 0 amide bonds. The van der Waals surface area contributed by atoms with Crippen molar-refractivity contribution in [1.82, 2.24) is 15.2 Å². The van der Waals surface area contributed by atoms with Crippen molar-refractivity contribution in [3.63, 3.8) is 0 Å². The lowest BCUT2D eigenvalue weighted by Crippen LogP contribution is -2.44. The third-order valence-corrected chi connectivity index (χ3v) is 9.15. The minimum atomic E-state index is -3.73. The molecule has 2 aromatic rings. The molecule has 5 rings (SSSR count). The fraction of sp³-hybridized carbons (Fsp3) is 0.550. The zero-order chi connectivity index (χ0) is 20.8. The normalized spacial score (nSPS) is 23.2. The van der Waals surface area contributed by atoms with Crippen LogP contribution in [0.3, 0.4) is 0 Å². The standard InChI is InChI=1S/C20H26ClN5O2S2/c21-18-12-23-19(29-18)25-30(27,28)14-3-4-16(15(11-14)17-5-8-22-17)24-13-20-6-1-9-26(20)10-2-7-20/h3-4,11-12,17,22,24H,1-2,5-10,13H2,(H,23,25). The van der Waals surface area contributed by atoms with Crippen molar-refractivity contribution in [2.45, 2.75) is 48.6 Å². The van der Waals surface area contributed by atoms with E-state index in [1.54, 1.807) is 12.1 Å². The molecule has 3 aliphatic heterocycles. The Balaban J connectivity index is 1.39. The third-order valence-electron chi connectivity index (χ3n) is 6.65. The highest BCUT2D eigenvalue weighted by atomic mass is 35.5. The first-order valence-corrected chi connectivity index (χ1v) is 13.1. The van der Waals surface area contributed by atoms with E-state index in [-0.39, 0.29) is 21.6 Å². The summed E-state index contributed by atoms with van der Waals surface area (Å²) in [5.41, 5.74) is 2.30. The Morgan fingerprint density at radius 2 is 2.07 bits per heavy atom. The molecule has 1 aromatic carbocycles. The third kappa shape index (κ3) is 3.82. The van der Waals surface area contributed by atoms with E-state index in [0.717, 1.165) is 42.1 Å².